The number of nitrogens with one attached hydrogen (secondary N) is 2. The minimum atomic E-state index is -4.28. The predicted molar refractivity (Wildman–Crippen MR) is 50.3 cm³/mol. The third kappa shape index (κ3) is 8.31. The van der Waals surface area contributed by atoms with Crippen molar-refractivity contribution in [2.75, 3.05) is 13.2 Å². The smallest absolute Gasteiger partial charge is 0.389 e. The number of aliphatic carboxylic acids is 1. The summed E-state index contributed by atoms with van der Waals surface area (Å²) in [5, 5.41) is 20.9. The first-order valence-electron chi connectivity index (χ1n) is 4.71. The van der Waals surface area contributed by atoms with Gasteiger partial charge < -0.3 is 20.8 Å². The fraction of sp³-hybridized carbons (Fsp3) is 0.750. The second kappa shape index (κ2) is 6.94. The number of hydrogen-bond donors (Lipinski definition) is 4. The Morgan fingerprint density at radius 2 is 1.88 bits per heavy atom. The summed E-state index contributed by atoms with van der Waals surface area (Å²) in [5.74, 6) is -1.43. The van der Waals surface area contributed by atoms with E-state index in [1.807, 2.05) is 5.32 Å². The Labute approximate surface area is 94.8 Å². The van der Waals surface area contributed by atoms with Crippen molar-refractivity contribution in [2.45, 2.75) is 25.1 Å². The van der Waals surface area contributed by atoms with E-state index in [-0.39, 0.29) is 13.0 Å². The van der Waals surface area contributed by atoms with Crippen LogP contribution in [0.25, 0.3) is 0 Å². The number of carbonyl (C=O) groups is 2. The van der Waals surface area contributed by atoms with Crippen molar-refractivity contribution < 1.29 is 33.0 Å². The zero-order valence-electron chi connectivity index (χ0n) is 8.75. The molecule has 9 heteroatoms. The largest absolute Gasteiger partial charge is 0.480 e. The van der Waals surface area contributed by atoms with Crippen LogP contribution in [0.1, 0.15) is 12.8 Å². The van der Waals surface area contributed by atoms with E-state index < -0.39 is 37.2 Å². The van der Waals surface area contributed by atoms with Crippen LogP contribution in [0.5, 0.6) is 0 Å². The molecule has 0 aromatic heterocycles. The number of amides is 2. The summed E-state index contributed by atoms with van der Waals surface area (Å²) in [6, 6.07) is -2.41. The standard InChI is InChI=1S/C8H13F3N2O4/c9-8(10,11)2-1-3-12-7(17)13-5(4-14)6(15)16/h5,14H,1-4H2,(H,15,16)(H2,12,13,17)/t5-/m0/s1. The number of aliphatic hydroxyl groups is 1. The molecule has 0 heterocycles. The summed E-state index contributed by atoms with van der Waals surface area (Å²) in [6.45, 7) is -1.03. The first-order chi connectivity index (χ1) is 7.76. The van der Waals surface area contributed by atoms with Gasteiger partial charge in [0.25, 0.3) is 0 Å². The molecule has 100 valence electrons. The van der Waals surface area contributed by atoms with E-state index in [9.17, 15) is 22.8 Å². The molecule has 0 rings (SSSR count). The SMILES string of the molecule is O=C(NCCCC(F)(F)F)N[C@@H](CO)C(=O)O. The van der Waals surface area contributed by atoms with Gasteiger partial charge in [-0.2, -0.15) is 13.2 Å². The second-order valence-electron chi connectivity index (χ2n) is 3.19. The maximum Gasteiger partial charge on any atom is 0.389 e. The van der Waals surface area contributed by atoms with Gasteiger partial charge in [0.1, 0.15) is 0 Å². The van der Waals surface area contributed by atoms with Crippen molar-refractivity contribution in [3.05, 3.63) is 0 Å². The Morgan fingerprint density at radius 1 is 1.29 bits per heavy atom. The zero-order chi connectivity index (χ0) is 13.5. The summed E-state index contributed by atoms with van der Waals surface area (Å²) in [5.41, 5.74) is 0. The third-order valence-corrected chi connectivity index (χ3v) is 1.71. The van der Waals surface area contributed by atoms with E-state index >= 15 is 0 Å². The summed E-state index contributed by atoms with van der Waals surface area (Å²) in [4.78, 5) is 21.3. The van der Waals surface area contributed by atoms with E-state index in [0.29, 0.717) is 0 Å². The highest BCUT2D eigenvalue weighted by Gasteiger charge is 2.26. The number of rotatable bonds is 6. The van der Waals surface area contributed by atoms with Crippen molar-refractivity contribution in [3.63, 3.8) is 0 Å². The normalized spacial score (nSPS) is 12.9. The number of halogens is 3. The molecule has 2 amide bonds. The molecule has 0 aliphatic heterocycles. The number of carbonyl (C=O) groups excluding carboxylic acids is 1. The van der Waals surface area contributed by atoms with Crippen molar-refractivity contribution in [3.8, 4) is 0 Å². The van der Waals surface area contributed by atoms with E-state index in [4.69, 9.17) is 10.2 Å². The van der Waals surface area contributed by atoms with Crippen LogP contribution in [0.4, 0.5) is 18.0 Å². The Kier molecular flexibility index (Phi) is 6.33. The molecule has 0 aromatic rings. The third-order valence-electron chi connectivity index (χ3n) is 1.71. The van der Waals surface area contributed by atoms with E-state index in [1.165, 1.54) is 0 Å². The number of aliphatic hydroxyl groups excluding tert-OH is 1. The molecule has 4 N–H and O–H groups in total. The first-order valence-corrected chi connectivity index (χ1v) is 4.71. The molecule has 0 radical (unpaired) electrons. The van der Waals surface area contributed by atoms with Crippen molar-refractivity contribution in [2.24, 2.45) is 0 Å². The van der Waals surface area contributed by atoms with Crippen molar-refractivity contribution in [1.82, 2.24) is 10.6 Å². The van der Waals surface area contributed by atoms with Crippen LogP contribution >= 0.6 is 0 Å². The maximum absolute atomic E-state index is 11.7. The molecule has 1 atom stereocenters. The number of urea groups is 1. The van der Waals surface area contributed by atoms with Gasteiger partial charge >= 0.3 is 18.2 Å². The molecular formula is C8H13F3N2O4. The summed E-state index contributed by atoms with van der Waals surface area (Å²) in [7, 11) is 0. The van der Waals surface area contributed by atoms with Gasteiger partial charge in [-0.3, -0.25) is 0 Å². The summed E-state index contributed by atoms with van der Waals surface area (Å²) < 4.78 is 35.1. The summed E-state index contributed by atoms with van der Waals surface area (Å²) in [6.07, 6.45) is -5.61. The van der Waals surface area contributed by atoms with E-state index in [0.717, 1.165) is 0 Å². The predicted octanol–water partition coefficient (Wildman–Crippen LogP) is 0.0736. The average molecular weight is 258 g/mol. The highest BCUT2D eigenvalue weighted by molar-refractivity contribution is 5.82. The molecule has 0 aromatic carbocycles. The second-order valence-corrected chi connectivity index (χ2v) is 3.19. The van der Waals surface area contributed by atoms with Gasteiger partial charge in [-0.25, -0.2) is 9.59 Å². The molecule has 0 saturated heterocycles. The van der Waals surface area contributed by atoms with Gasteiger partial charge in [-0.05, 0) is 6.42 Å². The Bertz CT molecular complexity index is 270. The van der Waals surface area contributed by atoms with Crippen molar-refractivity contribution >= 4 is 12.0 Å². The molecule has 0 saturated carbocycles. The number of hydrogen-bond acceptors (Lipinski definition) is 3. The molecule has 0 aliphatic rings. The lowest BCUT2D eigenvalue weighted by Crippen LogP contribution is -2.48. The lowest BCUT2D eigenvalue weighted by Gasteiger charge is -2.12. The van der Waals surface area contributed by atoms with Gasteiger partial charge in [-0.1, -0.05) is 0 Å². The van der Waals surface area contributed by atoms with Gasteiger partial charge in [-0.15, -0.1) is 0 Å². The highest BCUT2D eigenvalue weighted by Crippen LogP contribution is 2.20. The van der Waals surface area contributed by atoms with Crippen molar-refractivity contribution in [1.29, 1.82) is 0 Å². The van der Waals surface area contributed by atoms with Crippen LogP contribution in [0.2, 0.25) is 0 Å². The average Bonchev–Trinajstić information content (AvgIpc) is 2.19. The first kappa shape index (κ1) is 15.5. The fourth-order valence-electron chi connectivity index (χ4n) is 0.886. The number of carboxylic acids is 1. The molecule has 0 spiro atoms. The minimum Gasteiger partial charge on any atom is -0.480 e. The number of carboxylic acid groups (broad SMARTS) is 1. The number of alkyl halides is 3. The molecule has 0 unspecified atom stereocenters. The lowest BCUT2D eigenvalue weighted by atomic mass is 10.3. The van der Waals surface area contributed by atoms with Gasteiger partial charge in [0.05, 0.1) is 6.61 Å². The van der Waals surface area contributed by atoms with E-state index in [1.54, 1.807) is 0 Å². The quantitative estimate of drug-likeness (QED) is 0.507. The monoisotopic (exact) mass is 258 g/mol. The van der Waals surface area contributed by atoms with Crippen LogP contribution < -0.4 is 10.6 Å². The Hall–Kier alpha value is -1.51. The van der Waals surface area contributed by atoms with Gasteiger partial charge in [0.15, 0.2) is 6.04 Å². The maximum atomic E-state index is 11.7. The van der Waals surface area contributed by atoms with Crippen LogP contribution in [-0.2, 0) is 4.79 Å². The lowest BCUT2D eigenvalue weighted by molar-refractivity contribution is -0.140. The highest BCUT2D eigenvalue weighted by atomic mass is 19.4. The van der Waals surface area contributed by atoms with Crippen LogP contribution in [0, 0.1) is 0 Å². The summed E-state index contributed by atoms with van der Waals surface area (Å²) >= 11 is 0. The molecule has 6 nitrogen and oxygen atoms in total. The Balaban J connectivity index is 3.77. The molecular weight excluding hydrogens is 245 g/mol. The molecule has 17 heavy (non-hydrogen) atoms. The zero-order valence-corrected chi connectivity index (χ0v) is 8.75. The molecule has 0 aliphatic carbocycles. The van der Waals surface area contributed by atoms with Gasteiger partial charge in [0.2, 0.25) is 0 Å². The van der Waals surface area contributed by atoms with Crippen LogP contribution in [0.15, 0.2) is 0 Å². The Morgan fingerprint density at radius 3 is 2.29 bits per heavy atom. The van der Waals surface area contributed by atoms with Gasteiger partial charge in [0, 0.05) is 13.0 Å². The van der Waals surface area contributed by atoms with E-state index in [2.05, 4.69) is 5.32 Å². The van der Waals surface area contributed by atoms with Crippen LogP contribution in [-0.4, -0.2) is 47.6 Å². The minimum absolute atomic E-state index is 0.233. The molecule has 0 bridgehead atoms. The molecule has 0 fully saturated rings. The topological polar surface area (TPSA) is 98.7 Å². The fourth-order valence-corrected chi connectivity index (χ4v) is 0.886. The van der Waals surface area contributed by atoms with Crippen LogP contribution in [0.3, 0.4) is 0 Å².